The Labute approximate surface area is 136 Å². The van der Waals surface area contributed by atoms with Crippen molar-refractivity contribution in [3.63, 3.8) is 0 Å². The van der Waals surface area contributed by atoms with Gasteiger partial charge in [0.2, 0.25) is 0 Å². The standard InChI is InChI=1S/C16H12N2O4S/c1-22-12-4-2-11(3-5-12)18-15(20)13(14(19)17-16(18)21)8-10-6-7-23-9-10/h2-9H,1H3,(H,17,19,21)/b13-8+. The van der Waals surface area contributed by atoms with Crippen LogP contribution in [0.25, 0.3) is 6.08 Å². The van der Waals surface area contributed by atoms with E-state index >= 15 is 0 Å². The maximum Gasteiger partial charge on any atom is 0.335 e. The Morgan fingerprint density at radius 3 is 2.48 bits per heavy atom. The van der Waals surface area contributed by atoms with Gasteiger partial charge in [-0.25, -0.2) is 9.69 Å². The molecule has 1 saturated heterocycles. The van der Waals surface area contributed by atoms with Crippen molar-refractivity contribution in [1.29, 1.82) is 0 Å². The van der Waals surface area contributed by atoms with Gasteiger partial charge in [0.1, 0.15) is 11.3 Å². The van der Waals surface area contributed by atoms with Gasteiger partial charge in [0.15, 0.2) is 0 Å². The van der Waals surface area contributed by atoms with E-state index in [0.717, 1.165) is 10.5 Å². The van der Waals surface area contributed by atoms with Crippen LogP contribution in [-0.2, 0) is 9.59 Å². The quantitative estimate of drug-likeness (QED) is 0.693. The second kappa shape index (κ2) is 6.05. The van der Waals surface area contributed by atoms with E-state index in [1.807, 2.05) is 10.8 Å². The van der Waals surface area contributed by atoms with Gasteiger partial charge in [0, 0.05) is 0 Å². The molecule has 0 atom stereocenters. The summed E-state index contributed by atoms with van der Waals surface area (Å²) < 4.78 is 5.05. The van der Waals surface area contributed by atoms with Gasteiger partial charge >= 0.3 is 6.03 Å². The summed E-state index contributed by atoms with van der Waals surface area (Å²) in [6.45, 7) is 0. The molecule has 7 heteroatoms. The molecule has 0 radical (unpaired) electrons. The molecule has 0 aliphatic carbocycles. The number of thiophene rings is 1. The number of hydrogen-bond acceptors (Lipinski definition) is 5. The SMILES string of the molecule is COc1ccc(N2C(=O)NC(=O)/C(=C\c3ccsc3)C2=O)cc1. The lowest BCUT2D eigenvalue weighted by atomic mass is 10.1. The highest BCUT2D eigenvalue weighted by Gasteiger charge is 2.36. The highest BCUT2D eigenvalue weighted by atomic mass is 32.1. The molecule has 1 aliphatic rings. The number of hydrogen-bond donors (Lipinski definition) is 1. The predicted octanol–water partition coefficient (Wildman–Crippen LogP) is 2.42. The normalized spacial score (nSPS) is 16.7. The second-order valence-electron chi connectivity index (χ2n) is 4.71. The van der Waals surface area contributed by atoms with Gasteiger partial charge in [-0.05, 0) is 52.7 Å². The number of nitrogens with zero attached hydrogens (tertiary/aromatic N) is 1. The number of anilines is 1. The fourth-order valence-corrected chi connectivity index (χ4v) is 2.77. The molecule has 23 heavy (non-hydrogen) atoms. The first-order valence-corrected chi connectivity index (χ1v) is 7.62. The molecule has 116 valence electrons. The van der Waals surface area contributed by atoms with E-state index in [4.69, 9.17) is 4.74 Å². The number of amides is 4. The smallest absolute Gasteiger partial charge is 0.335 e. The van der Waals surface area contributed by atoms with E-state index in [1.54, 1.807) is 30.3 Å². The summed E-state index contributed by atoms with van der Waals surface area (Å²) in [4.78, 5) is 37.5. The van der Waals surface area contributed by atoms with Crippen molar-refractivity contribution in [2.45, 2.75) is 0 Å². The summed E-state index contributed by atoms with van der Waals surface area (Å²) >= 11 is 1.45. The van der Waals surface area contributed by atoms with Gasteiger partial charge in [0.05, 0.1) is 12.8 Å². The van der Waals surface area contributed by atoms with Crippen LogP contribution in [0.5, 0.6) is 5.75 Å². The largest absolute Gasteiger partial charge is 0.497 e. The fraction of sp³-hybridized carbons (Fsp3) is 0.0625. The molecular weight excluding hydrogens is 316 g/mol. The van der Waals surface area contributed by atoms with Crippen LogP contribution in [0.15, 0.2) is 46.7 Å². The molecule has 1 aromatic heterocycles. The van der Waals surface area contributed by atoms with Gasteiger partial charge in [0.25, 0.3) is 11.8 Å². The van der Waals surface area contributed by atoms with Crippen LogP contribution < -0.4 is 15.0 Å². The Balaban J connectivity index is 1.98. The monoisotopic (exact) mass is 328 g/mol. The molecule has 0 unspecified atom stereocenters. The molecular formula is C16H12N2O4S. The van der Waals surface area contributed by atoms with Gasteiger partial charge in [-0.3, -0.25) is 14.9 Å². The van der Waals surface area contributed by atoms with Crippen LogP contribution in [0.3, 0.4) is 0 Å². The zero-order chi connectivity index (χ0) is 16.4. The number of nitrogens with one attached hydrogen (secondary N) is 1. The van der Waals surface area contributed by atoms with E-state index in [1.165, 1.54) is 24.5 Å². The predicted molar refractivity (Wildman–Crippen MR) is 86.3 cm³/mol. The van der Waals surface area contributed by atoms with E-state index < -0.39 is 17.8 Å². The topological polar surface area (TPSA) is 75.7 Å². The number of ether oxygens (including phenoxy) is 1. The van der Waals surface area contributed by atoms with Crippen molar-refractivity contribution in [2.75, 3.05) is 12.0 Å². The molecule has 0 bridgehead atoms. The molecule has 3 rings (SSSR count). The minimum absolute atomic E-state index is 0.0844. The highest BCUT2D eigenvalue weighted by molar-refractivity contribution is 7.08. The Hall–Kier alpha value is -2.93. The molecule has 2 heterocycles. The first kappa shape index (κ1) is 15.0. The van der Waals surface area contributed by atoms with Crippen LogP contribution in [0, 0.1) is 0 Å². The summed E-state index contributed by atoms with van der Waals surface area (Å²) in [6, 6.07) is 7.44. The van der Waals surface area contributed by atoms with Crippen molar-refractivity contribution in [1.82, 2.24) is 5.32 Å². The highest BCUT2D eigenvalue weighted by Crippen LogP contribution is 2.24. The Morgan fingerprint density at radius 2 is 1.87 bits per heavy atom. The molecule has 0 saturated carbocycles. The summed E-state index contributed by atoms with van der Waals surface area (Å²) in [7, 11) is 1.52. The number of barbiturate groups is 1. The maximum atomic E-state index is 12.6. The number of carbonyl (C=O) groups is 3. The van der Waals surface area contributed by atoms with Gasteiger partial charge in [-0.2, -0.15) is 11.3 Å². The fourth-order valence-electron chi connectivity index (χ4n) is 2.15. The molecule has 4 amide bonds. The zero-order valence-electron chi connectivity index (χ0n) is 12.1. The van der Waals surface area contributed by atoms with Crippen molar-refractivity contribution in [3.05, 3.63) is 52.2 Å². The van der Waals surface area contributed by atoms with Crippen LogP contribution in [0.2, 0.25) is 0 Å². The lowest BCUT2D eigenvalue weighted by Gasteiger charge is -2.26. The number of benzene rings is 1. The van der Waals surface area contributed by atoms with Crippen LogP contribution in [0.4, 0.5) is 10.5 Å². The summed E-state index contributed by atoms with van der Waals surface area (Å²) in [6.07, 6.45) is 1.47. The van der Waals surface area contributed by atoms with Crippen molar-refractivity contribution in [2.24, 2.45) is 0 Å². The van der Waals surface area contributed by atoms with Crippen LogP contribution in [-0.4, -0.2) is 25.0 Å². The molecule has 1 aromatic carbocycles. The maximum absolute atomic E-state index is 12.6. The van der Waals surface area contributed by atoms with E-state index in [9.17, 15) is 14.4 Å². The lowest BCUT2D eigenvalue weighted by molar-refractivity contribution is -0.122. The summed E-state index contributed by atoms with van der Waals surface area (Å²) in [5.74, 6) is -0.755. The molecule has 6 nitrogen and oxygen atoms in total. The third-order valence-corrected chi connectivity index (χ3v) is 3.99. The van der Waals surface area contributed by atoms with Crippen molar-refractivity contribution < 1.29 is 19.1 Å². The minimum atomic E-state index is -0.771. The van der Waals surface area contributed by atoms with Crippen molar-refractivity contribution in [3.8, 4) is 5.75 Å². The van der Waals surface area contributed by atoms with Crippen molar-refractivity contribution >= 4 is 40.9 Å². The molecule has 1 N–H and O–H groups in total. The first-order chi connectivity index (χ1) is 11.1. The molecule has 1 fully saturated rings. The number of methoxy groups -OCH3 is 1. The third-order valence-electron chi connectivity index (χ3n) is 3.29. The van der Waals surface area contributed by atoms with Gasteiger partial charge in [-0.15, -0.1) is 0 Å². The minimum Gasteiger partial charge on any atom is -0.497 e. The number of rotatable bonds is 3. The number of imide groups is 2. The molecule has 2 aromatic rings. The Morgan fingerprint density at radius 1 is 1.13 bits per heavy atom. The van der Waals surface area contributed by atoms with E-state index in [-0.39, 0.29) is 5.57 Å². The summed E-state index contributed by atoms with van der Waals surface area (Å²) in [5, 5.41) is 5.83. The van der Waals surface area contributed by atoms with E-state index in [2.05, 4.69) is 5.32 Å². The van der Waals surface area contributed by atoms with Gasteiger partial charge < -0.3 is 4.74 Å². The summed E-state index contributed by atoms with van der Waals surface area (Å²) in [5.41, 5.74) is 1.01. The van der Waals surface area contributed by atoms with Gasteiger partial charge in [-0.1, -0.05) is 0 Å². The first-order valence-electron chi connectivity index (χ1n) is 6.68. The Bertz CT molecular complexity index is 794. The van der Waals surface area contributed by atoms with E-state index in [0.29, 0.717) is 11.4 Å². The lowest BCUT2D eigenvalue weighted by Crippen LogP contribution is -2.54. The third kappa shape index (κ3) is 2.86. The van der Waals surface area contributed by atoms with Crippen LogP contribution >= 0.6 is 11.3 Å². The number of carbonyl (C=O) groups excluding carboxylic acids is 3. The second-order valence-corrected chi connectivity index (χ2v) is 5.49. The Kier molecular flexibility index (Phi) is 3.94. The average molecular weight is 328 g/mol. The number of urea groups is 1. The average Bonchev–Trinajstić information content (AvgIpc) is 3.05. The molecule has 1 aliphatic heterocycles. The van der Waals surface area contributed by atoms with Crippen LogP contribution in [0.1, 0.15) is 5.56 Å². The molecule has 0 spiro atoms. The zero-order valence-corrected chi connectivity index (χ0v) is 12.9.